The van der Waals surface area contributed by atoms with Crippen LogP contribution in [0.3, 0.4) is 0 Å². The number of ether oxygens (including phenoxy) is 1. The molecule has 0 aliphatic carbocycles. The van der Waals surface area contributed by atoms with Crippen LogP contribution in [-0.4, -0.2) is 28.1 Å². The molecule has 0 aliphatic rings. The summed E-state index contributed by atoms with van der Waals surface area (Å²) in [5, 5.41) is 20.9. The summed E-state index contributed by atoms with van der Waals surface area (Å²) in [4.78, 5) is 12.1. The molecule has 0 aliphatic heterocycles. The molecular weight excluding hydrogens is 304 g/mol. The molecule has 0 bridgehead atoms. The highest BCUT2D eigenvalue weighted by Crippen LogP contribution is 2.31. The average molecular weight is 345 g/mol. The summed E-state index contributed by atoms with van der Waals surface area (Å²) in [7, 11) is 0. The van der Waals surface area contributed by atoms with E-state index >= 15 is 0 Å². The molecule has 0 aromatic heterocycles. The standard InChI is InChI=1S/C20H40O4/c1-6-9-12-13-16(4)19(24-18(21)14-10-7-2)17(5)20(22,23)15-11-8-3/h16-17,19,22-23H,6-15H2,1-5H3/t16-,17?,19?/m1/s1. The summed E-state index contributed by atoms with van der Waals surface area (Å²) >= 11 is 0. The first-order valence-corrected chi connectivity index (χ1v) is 9.94. The Hall–Kier alpha value is -0.610. The van der Waals surface area contributed by atoms with Crippen molar-refractivity contribution in [2.75, 3.05) is 0 Å². The van der Waals surface area contributed by atoms with Gasteiger partial charge in [0.15, 0.2) is 5.79 Å². The van der Waals surface area contributed by atoms with E-state index in [1.165, 1.54) is 0 Å². The highest BCUT2D eigenvalue weighted by molar-refractivity contribution is 5.69. The van der Waals surface area contributed by atoms with Gasteiger partial charge in [-0.3, -0.25) is 4.79 Å². The molecule has 3 atom stereocenters. The van der Waals surface area contributed by atoms with Gasteiger partial charge in [-0.15, -0.1) is 0 Å². The van der Waals surface area contributed by atoms with E-state index in [4.69, 9.17) is 4.74 Å². The van der Waals surface area contributed by atoms with Crippen molar-refractivity contribution in [3.05, 3.63) is 0 Å². The van der Waals surface area contributed by atoms with E-state index < -0.39 is 17.8 Å². The fourth-order valence-electron chi connectivity index (χ4n) is 3.05. The number of carbonyl (C=O) groups excluding carboxylic acids is 1. The fraction of sp³-hybridized carbons (Fsp3) is 0.950. The maximum absolute atomic E-state index is 12.1. The highest BCUT2D eigenvalue weighted by Gasteiger charge is 2.40. The number of rotatable bonds is 14. The van der Waals surface area contributed by atoms with Gasteiger partial charge in [-0.25, -0.2) is 0 Å². The molecule has 0 spiro atoms. The monoisotopic (exact) mass is 344 g/mol. The normalized spacial score (nSPS) is 15.8. The van der Waals surface area contributed by atoms with Gasteiger partial charge >= 0.3 is 5.97 Å². The Morgan fingerprint density at radius 3 is 2.08 bits per heavy atom. The van der Waals surface area contributed by atoms with Gasteiger partial charge in [-0.2, -0.15) is 0 Å². The molecule has 144 valence electrons. The second kappa shape index (κ2) is 12.7. The Balaban J connectivity index is 4.96. The predicted octanol–water partition coefficient (Wildman–Crippen LogP) is 4.81. The first-order chi connectivity index (χ1) is 11.3. The molecule has 2 unspecified atom stereocenters. The number of esters is 1. The van der Waals surface area contributed by atoms with E-state index in [0.29, 0.717) is 12.8 Å². The van der Waals surface area contributed by atoms with Crippen LogP contribution >= 0.6 is 0 Å². The minimum atomic E-state index is -1.79. The highest BCUT2D eigenvalue weighted by atomic mass is 16.6. The van der Waals surface area contributed by atoms with Crippen molar-refractivity contribution in [2.24, 2.45) is 11.8 Å². The third kappa shape index (κ3) is 9.03. The topological polar surface area (TPSA) is 66.8 Å². The molecule has 4 heteroatoms. The van der Waals surface area contributed by atoms with Crippen molar-refractivity contribution in [1.82, 2.24) is 0 Å². The van der Waals surface area contributed by atoms with Crippen LogP contribution in [0.15, 0.2) is 0 Å². The molecule has 2 N–H and O–H groups in total. The Kier molecular flexibility index (Phi) is 12.4. The van der Waals surface area contributed by atoms with Crippen molar-refractivity contribution in [3.63, 3.8) is 0 Å². The van der Waals surface area contributed by atoms with Crippen molar-refractivity contribution in [1.29, 1.82) is 0 Å². The van der Waals surface area contributed by atoms with Crippen LogP contribution in [0.4, 0.5) is 0 Å². The van der Waals surface area contributed by atoms with E-state index in [2.05, 4.69) is 13.8 Å². The zero-order valence-corrected chi connectivity index (χ0v) is 16.5. The molecule has 0 aromatic carbocycles. The van der Waals surface area contributed by atoms with Gasteiger partial charge in [0.25, 0.3) is 0 Å². The van der Waals surface area contributed by atoms with Crippen LogP contribution in [-0.2, 0) is 9.53 Å². The Bertz CT molecular complexity index is 328. The molecule has 4 nitrogen and oxygen atoms in total. The van der Waals surface area contributed by atoms with Crippen LogP contribution in [0.5, 0.6) is 0 Å². The average Bonchev–Trinajstić information content (AvgIpc) is 2.55. The second-order valence-corrected chi connectivity index (χ2v) is 7.30. The van der Waals surface area contributed by atoms with E-state index in [1.54, 1.807) is 6.92 Å². The van der Waals surface area contributed by atoms with Gasteiger partial charge in [0.1, 0.15) is 6.10 Å². The Morgan fingerprint density at radius 2 is 1.54 bits per heavy atom. The largest absolute Gasteiger partial charge is 0.462 e. The molecule has 0 fully saturated rings. The van der Waals surface area contributed by atoms with Gasteiger partial charge in [-0.05, 0) is 25.2 Å². The molecule has 0 saturated heterocycles. The summed E-state index contributed by atoms with van der Waals surface area (Å²) in [6.45, 7) is 10.1. The van der Waals surface area contributed by atoms with Crippen LogP contribution in [0.1, 0.15) is 98.8 Å². The number of carbonyl (C=O) groups is 1. The lowest BCUT2D eigenvalue weighted by atomic mass is 9.82. The maximum Gasteiger partial charge on any atom is 0.306 e. The summed E-state index contributed by atoms with van der Waals surface area (Å²) in [6.07, 6.45) is 7.98. The third-order valence-corrected chi connectivity index (χ3v) is 4.95. The third-order valence-electron chi connectivity index (χ3n) is 4.95. The molecule has 0 amide bonds. The Labute approximate surface area is 149 Å². The minimum Gasteiger partial charge on any atom is -0.462 e. The van der Waals surface area contributed by atoms with Crippen LogP contribution in [0.2, 0.25) is 0 Å². The smallest absolute Gasteiger partial charge is 0.306 e. The van der Waals surface area contributed by atoms with Crippen molar-refractivity contribution >= 4 is 5.97 Å². The SMILES string of the molecule is CCCCC[C@@H](C)C(OC(=O)CCCC)C(C)C(O)(O)CCCC. The molecule has 0 radical (unpaired) electrons. The van der Waals surface area contributed by atoms with Crippen LogP contribution in [0, 0.1) is 11.8 Å². The quantitative estimate of drug-likeness (QED) is 0.269. The van der Waals surface area contributed by atoms with Crippen LogP contribution in [0.25, 0.3) is 0 Å². The molecular formula is C20H40O4. The van der Waals surface area contributed by atoms with Crippen LogP contribution < -0.4 is 0 Å². The van der Waals surface area contributed by atoms with Crippen molar-refractivity contribution < 1.29 is 19.7 Å². The van der Waals surface area contributed by atoms with Gasteiger partial charge < -0.3 is 14.9 Å². The van der Waals surface area contributed by atoms with Gasteiger partial charge in [-0.1, -0.05) is 66.7 Å². The molecule has 0 heterocycles. The molecule has 0 rings (SSSR count). The Morgan fingerprint density at radius 1 is 0.958 bits per heavy atom. The van der Waals surface area contributed by atoms with Gasteiger partial charge in [0.2, 0.25) is 0 Å². The van der Waals surface area contributed by atoms with Crippen molar-refractivity contribution in [3.8, 4) is 0 Å². The van der Waals surface area contributed by atoms with E-state index in [-0.39, 0.29) is 11.9 Å². The number of unbranched alkanes of at least 4 members (excludes halogenated alkanes) is 4. The van der Waals surface area contributed by atoms with E-state index in [1.807, 2.05) is 13.8 Å². The van der Waals surface area contributed by atoms with Crippen molar-refractivity contribution in [2.45, 2.75) is 111 Å². The summed E-state index contributed by atoms with van der Waals surface area (Å²) < 4.78 is 5.71. The molecule has 0 saturated carbocycles. The number of aliphatic hydroxyl groups is 2. The molecule has 0 aromatic rings. The minimum absolute atomic E-state index is 0.123. The molecule has 24 heavy (non-hydrogen) atoms. The first-order valence-electron chi connectivity index (χ1n) is 9.94. The summed E-state index contributed by atoms with van der Waals surface area (Å²) in [5.41, 5.74) is 0. The zero-order valence-electron chi connectivity index (χ0n) is 16.5. The van der Waals surface area contributed by atoms with E-state index in [9.17, 15) is 15.0 Å². The lowest BCUT2D eigenvalue weighted by Gasteiger charge is -2.37. The summed E-state index contributed by atoms with van der Waals surface area (Å²) in [6, 6.07) is 0. The zero-order chi connectivity index (χ0) is 18.6. The lowest BCUT2D eigenvalue weighted by molar-refractivity contribution is -0.231. The van der Waals surface area contributed by atoms with E-state index in [0.717, 1.165) is 51.4 Å². The lowest BCUT2D eigenvalue weighted by Crippen LogP contribution is -2.46. The summed E-state index contributed by atoms with van der Waals surface area (Å²) in [5.74, 6) is -2.38. The second-order valence-electron chi connectivity index (χ2n) is 7.30. The first kappa shape index (κ1) is 23.4. The van der Waals surface area contributed by atoms with Gasteiger partial charge in [0.05, 0.1) is 0 Å². The fourth-order valence-corrected chi connectivity index (χ4v) is 3.05. The van der Waals surface area contributed by atoms with Gasteiger partial charge in [0, 0.05) is 18.8 Å². The number of hydrogen-bond donors (Lipinski definition) is 2. The maximum atomic E-state index is 12.1. The predicted molar refractivity (Wildman–Crippen MR) is 98.6 cm³/mol. The number of hydrogen-bond acceptors (Lipinski definition) is 4.